The first-order chi connectivity index (χ1) is 13.0. The minimum atomic E-state index is -3.33. The first kappa shape index (κ1) is 22.3. The number of unbranched alkanes of at least 4 members (excludes halogenated alkanes) is 1. The number of benzene rings is 2. The quantitative estimate of drug-likeness (QED) is 0.411. The third kappa shape index (κ3) is 5.09. The summed E-state index contributed by atoms with van der Waals surface area (Å²) in [4.78, 5) is -0.590. The monoisotopic (exact) mass is 406 g/mol. The highest BCUT2D eigenvalue weighted by molar-refractivity contribution is 7.84. The Bertz CT molecular complexity index is 671. The molecule has 5 heteroatoms. The Morgan fingerprint density at radius 3 is 1.67 bits per heavy atom. The molecule has 2 aromatic rings. The Morgan fingerprint density at radius 1 is 0.852 bits per heavy atom. The highest BCUT2D eigenvalue weighted by atomic mass is 31.2. The molecule has 0 aromatic heterocycles. The normalized spacial score (nSPS) is 14.3. The molecule has 148 valence electrons. The first-order valence-corrected chi connectivity index (χ1v) is 12.7. The van der Waals surface area contributed by atoms with Gasteiger partial charge >= 0.3 is 7.60 Å². The van der Waals surface area contributed by atoms with E-state index in [0.717, 1.165) is 19.3 Å². The molecule has 0 saturated carbocycles. The van der Waals surface area contributed by atoms with Crippen LogP contribution in [0.5, 0.6) is 0 Å². The molecule has 0 saturated heterocycles. The fourth-order valence-electron chi connectivity index (χ4n) is 3.40. The molecule has 2 rings (SSSR count). The summed E-state index contributed by atoms with van der Waals surface area (Å²) in [6.07, 6.45) is 2.83. The maximum atomic E-state index is 14.1. The molecule has 0 radical (unpaired) electrons. The first-order valence-electron chi connectivity index (χ1n) is 9.82. The molecule has 0 aliphatic rings. The van der Waals surface area contributed by atoms with Gasteiger partial charge in [0.2, 0.25) is 0 Å². The van der Waals surface area contributed by atoms with E-state index in [1.54, 1.807) is 0 Å². The molecule has 0 bridgehead atoms. The average Bonchev–Trinajstić information content (AvgIpc) is 2.68. The smallest absolute Gasteiger partial charge is 0.308 e. The topological polar surface area (TPSA) is 35.5 Å². The fraction of sp³-hybridized carbons (Fsp3) is 0.455. The number of hydrogen-bond acceptors (Lipinski definition) is 3. The molecule has 0 aliphatic heterocycles. The zero-order valence-electron chi connectivity index (χ0n) is 16.9. The van der Waals surface area contributed by atoms with Gasteiger partial charge in [0.05, 0.1) is 18.1 Å². The Morgan fingerprint density at radius 2 is 1.30 bits per heavy atom. The van der Waals surface area contributed by atoms with Crippen molar-refractivity contribution in [3.05, 3.63) is 60.7 Å². The average molecular weight is 406 g/mol. The molecular formula is C22H32O3P2. The van der Waals surface area contributed by atoms with Gasteiger partial charge in [-0.3, -0.25) is 4.57 Å². The van der Waals surface area contributed by atoms with Crippen LogP contribution in [0.15, 0.2) is 60.7 Å². The van der Waals surface area contributed by atoms with E-state index in [2.05, 4.69) is 62.4 Å². The van der Waals surface area contributed by atoms with Crippen LogP contribution in [0.3, 0.4) is 0 Å². The minimum Gasteiger partial charge on any atom is -0.308 e. The van der Waals surface area contributed by atoms with E-state index < -0.39 is 20.4 Å². The third-order valence-electron chi connectivity index (χ3n) is 4.70. The second kappa shape index (κ2) is 10.5. The van der Waals surface area contributed by atoms with Crippen molar-refractivity contribution < 1.29 is 13.6 Å². The van der Waals surface area contributed by atoms with E-state index in [1.807, 2.05) is 26.0 Å². The molecule has 0 heterocycles. The highest BCUT2D eigenvalue weighted by Crippen LogP contribution is 2.73. The van der Waals surface area contributed by atoms with E-state index in [-0.39, 0.29) is 0 Å². The van der Waals surface area contributed by atoms with Crippen molar-refractivity contribution in [2.75, 3.05) is 13.2 Å². The van der Waals surface area contributed by atoms with Crippen molar-refractivity contribution in [3.63, 3.8) is 0 Å². The van der Waals surface area contributed by atoms with Crippen LogP contribution in [-0.2, 0) is 13.6 Å². The van der Waals surface area contributed by atoms with Crippen LogP contribution in [0.2, 0.25) is 0 Å². The van der Waals surface area contributed by atoms with Crippen molar-refractivity contribution in [2.24, 2.45) is 0 Å². The maximum absolute atomic E-state index is 14.1. The Hall–Kier alpha value is -0.980. The van der Waals surface area contributed by atoms with Crippen LogP contribution < -0.4 is 10.6 Å². The van der Waals surface area contributed by atoms with Crippen LogP contribution in [0, 0.1) is 0 Å². The van der Waals surface area contributed by atoms with Gasteiger partial charge in [-0.2, -0.15) is 0 Å². The van der Waals surface area contributed by atoms with Gasteiger partial charge in [-0.25, -0.2) is 0 Å². The molecule has 0 N–H and O–H groups in total. The molecule has 27 heavy (non-hydrogen) atoms. The van der Waals surface area contributed by atoms with Gasteiger partial charge < -0.3 is 9.05 Å². The van der Waals surface area contributed by atoms with Crippen molar-refractivity contribution in [1.29, 1.82) is 0 Å². The lowest BCUT2D eigenvalue weighted by Gasteiger charge is -2.42. The lowest BCUT2D eigenvalue weighted by atomic mass is 10.2. The lowest BCUT2D eigenvalue weighted by Crippen LogP contribution is -2.34. The molecule has 3 nitrogen and oxygen atoms in total. The third-order valence-corrected chi connectivity index (χ3v) is 11.5. The Balaban J connectivity index is 2.68. The molecule has 1 unspecified atom stereocenters. The summed E-state index contributed by atoms with van der Waals surface area (Å²) in [5.74, 6) is 0. The standard InChI is InChI=1S/C22H32O3P2/c1-5-8-19-22(4,27(23,24-6-2)25-7-3)26(20-15-11-9-12-16-20)21-17-13-10-14-18-21/h9-18H,5-8,19H2,1-4H3. The van der Waals surface area contributed by atoms with Crippen LogP contribution in [0.25, 0.3) is 0 Å². The van der Waals surface area contributed by atoms with Gasteiger partial charge in [0.15, 0.2) is 0 Å². The SMILES string of the molecule is CCCCC(C)(P(c1ccccc1)c1ccccc1)P(=O)(OCC)OCC. The van der Waals surface area contributed by atoms with Gasteiger partial charge in [0, 0.05) is 0 Å². The summed E-state index contributed by atoms with van der Waals surface area (Å²) >= 11 is 0. The Kier molecular flexibility index (Phi) is 8.70. The fourth-order valence-corrected chi connectivity index (χ4v) is 9.89. The summed E-state index contributed by atoms with van der Waals surface area (Å²) in [6.45, 7) is 8.82. The molecule has 2 aromatic carbocycles. The van der Waals surface area contributed by atoms with Crippen molar-refractivity contribution in [3.8, 4) is 0 Å². The van der Waals surface area contributed by atoms with Crippen LogP contribution in [0.4, 0.5) is 0 Å². The second-order valence-electron chi connectivity index (χ2n) is 6.66. The zero-order chi connectivity index (χ0) is 19.8. The summed E-state index contributed by atoms with van der Waals surface area (Å²) < 4.78 is 25.9. The maximum Gasteiger partial charge on any atom is 0.341 e. The number of rotatable bonds is 11. The molecule has 0 fully saturated rings. The molecule has 0 aliphatic carbocycles. The Labute approximate surface area is 165 Å². The summed E-state index contributed by atoms with van der Waals surface area (Å²) in [5.41, 5.74) is 0. The zero-order valence-corrected chi connectivity index (χ0v) is 18.7. The van der Waals surface area contributed by atoms with Crippen molar-refractivity contribution in [2.45, 2.75) is 51.9 Å². The van der Waals surface area contributed by atoms with Gasteiger partial charge in [-0.05, 0) is 45.7 Å². The van der Waals surface area contributed by atoms with Gasteiger partial charge in [0.25, 0.3) is 0 Å². The van der Waals surface area contributed by atoms with E-state index in [1.165, 1.54) is 10.6 Å². The van der Waals surface area contributed by atoms with Crippen molar-refractivity contribution >= 4 is 26.1 Å². The van der Waals surface area contributed by atoms with Gasteiger partial charge in [-0.15, -0.1) is 0 Å². The van der Waals surface area contributed by atoms with E-state index in [9.17, 15) is 4.57 Å². The van der Waals surface area contributed by atoms with Gasteiger partial charge in [0.1, 0.15) is 0 Å². The predicted octanol–water partition coefficient (Wildman–Crippen LogP) is 6.29. The molecule has 1 atom stereocenters. The molecule has 0 spiro atoms. The summed E-state index contributed by atoms with van der Waals surface area (Å²) in [6, 6.07) is 20.8. The predicted molar refractivity (Wildman–Crippen MR) is 118 cm³/mol. The van der Waals surface area contributed by atoms with Crippen LogP contribution in [0.1, 0.15) is 47.0 Å². The van der Waals surface area contributed by atoms with Gasteiger partial charge in [-0.1, -0.05) is 80.4 Å². The van der Waals surface area contributed by atoms with E-state index in [4.69, 9.17) is 9.05 Å². The van der Waals surface area contributed by atoms with E-state index >= 15 is 0 Å². The summed E-state index contributed by atoms with van der Waals surface area (Å²) in [7, 11) is -4.26. The minimum absolute atomic E-state index is 0.381. The van der Waals surface area contributed by atoms with Crippen LogP contribution in [-0.4, -0.2) is 18.1 Å². The molecular weight excluding hydrogens is 374 g/mol. The second-order valence-corrected chi connectivity index (χ2v) is 12.2. The van der Waals surface area contributed by atoms with Crippen molar-refractivity contribution in [1.82, 2.24) is 0 Å². The lowest BCUT2D eigenvalue weighted by molar-refractivity contribution is 0.207. The highest BCUT2D eigenvalue weighted by Gasteiger charge is 2.52. The molecule has 0 amide bonds. The van der Waals surface area contributed by atoms with E-state index in [0.29, 0.717) is 13.2 Å². The summed E-state index contributed by atoms with van der Waals surface area (Å²) in [5, 5.41) is 2.41. The number of hydrogen-bond donors (Lipinski definition) is 0. The largest absolute Gasteiger partial charge is 0.341 e. The van der Waals surface area contributed by atoms with Crippen LogP contribution >= 0.6 is 15.5 Å².